The van der Waals surface area contributed by atoms with E-state index in [0.717, 1.165) is 13.0 Å². The molecule has 0 saturated carbocycles. The number of hydrogen-bond acceptors (Lipinski definition) is 4. The minimum Gasteiger partial charge on any atom is -0.370 e. The molecule has 0 spiro atoms. The predicted octanol–water partition coefficient (Wildman–Crippen LogP) is 3.54. The first-order chi connectivity index (χ1) is 12.1. The van der Waals surface area contributed by atoms with Gasteiger partial charge in [-0.3, -0.25) is 4.72 Å². The summed E-state index contributed by atoms with van der Waals surface area (Å²) in [6.07, 6.45) is 2.40. The Bertz CT molecular complexity index is 896. The Balaban J connectivity index is 1.57. The summed E-state index contributed by atoms with van der Waals surface area (Å²) < 4.78 is 27.0. The Hall–Kier alpha value is -2.86. The number of sulfonamides is 1. The van der Waals surface area contributed by atoms with Crippen LogP contribution in [0.1, 0.15) is 5.56 Å². The first-order valence-corrected chi connectivity index (χ1v) is 9.43. The minimum atomic E-state index is -3.59. The van der Waals surface area contributed by atoms with Gasteiger partial charge in [0.15, 0.2) is 0 Å². The summed E-state index contributed by atoms with van der Waals surface area (Å²) in [5.74, 6) is 0.707. The third kappa shape index (κ3) is 4.81. The van der Waals surface area contributed by atoms with Gasteiger partial charge in [-0.05, 0) is 36.2 Å². The van der Waals surface area contributed by atoms with E-state index in [1.807, 2.05) is 18.2 Å². The summed E-state index contributed by atoms with van der Waals surface area (Å²) in [5.41, 5.74) is 1.68. The van der Waals surface area contributed by atoms with Gasteiger partial charge >= 0.3 is 0 Å². The second-order valence-electron chi connectivity index (χ2n) is 5.51. The number of rotatable bonds is 7. The highest BCUT2D eigenvalue weighted by Crippen LogP contribution is 2.16. The number of hydrogen-bond donors (Lipinski definition) is 2. The smallest absolute Gasteiger partial charge is 0.261 e. The standard InChI is InChI=1S/C19H19N3O2S/c23-25(24,18-9-5-2-6-10-18)22-17-11-12-19(21-15-17)20-14-13-16-7-3-1-4-8-16/h1-12,15,22H,13-14H2,(H,20,21). The summed E-state index contributed by atoms with van der Waals surface area (Å²) in [6, 6.07) is 21.9. The van der Waals surface area contributed by atoms with E-state index in [2.05, 4.69) is 27.2 Å². The van der Waals surface area contributed by atoms with Crippen molar-refractivity contribution in [2.45, 2.75) is 11.3 Å². The number of aromatic nitrogens is 1. The fourth-order valence-electron chi connectivity index (χ4n) is 2.35. The van der Waals surface area contributed by atoms with Crippen LogP contribution >= 0.6 is 0 Å². The fraction of sp³-hybridized carbons (Fsp3) is 0.105. The summed E-state index contributed by atoms with van der Waals surface area (Å²) in [6.45, 7) is 0.756. The maximum atomic E-state index is 12.3. The number of nitrogens with zero attached hydrogens (tertiary/aromatic N) is 1. The summed E-state index contributed by atoms with van der Waals surface area (Å²) in [4.78, 5) is 4.47. The maximum Gasteiger partial charge on any atom is 0.261 e. The van der Waals surface area contributed by atoms with Gasteiger partial charge in [0.2, 0.25) is 0 Å². The third-order valence-corrected chi connectivity index (χ3v) is 5.03. The highest BCUT2D eigenvalue weighted by molar-refractivity contribution is 7.92. The lowest BCUT2D eigenvalue weighted by atomic mass is 10.1. The molecule has 0 fully saturated rings. The highest BCUT2D eigenvalue weighted by Gasteiger charge is 2.13. The molecule has 0 aliphatic carbocycles. The zero-order valence-corrected chi connectivity index (χ0v) is 14.4. The van der Waals surface area contributed by atoms with E-state index in [0.29, 0.717) is 11.5 Å². The van der Waals surface area contributed by atoms with Crippen molar-refractivity contribution in [2.75, 3.05) is 16.6 Å². The van der Waals surface area contributed by atoms with Crippen LogP contribution in [0, 0.1) is 0 Å². The topological polar surface area (TPSA) is 71.1 Å². The second kappa shape index (κ2) is 7.81. The molecule has 1 aromatic heterocycles. The Kier molecular flexibility index (Phi) is 5.30. The quantitative estimate of drug-likeness (QED) is 0.681. The zero-order valence-electron chi connectivity index (χ0n) is 13.6. The first kappa shape index (κ1) is 17.0. The Morgan fingerprint density at radius 1 is 0.840 bits per heavy atom. The van der Waals surface area contributed by atoms with E-state index in [1.54, 1.807) is 42.5 Å². The van der Waals surface area contributed by atoms with Gasteiger partial charge in [-0.2, -0.15) is 0 Å². The van der Waals surface area contributed by atoms with Crippen molar-refractivity contribution in [1.29, 1.82) is 0 Å². The average Bonchev–Trinajstić information content (AvgIpc) is 2.65. The van der Waals surface area contributed by atoms with Crippen LogP contribution in [0.25, 0.3) is 0 Å². The van der Waals surface area contributed by atoms with Gasteiger partial charge < -0.3 is 5.32 Å². The van der Waals surface area contributed by atoms with Gasteiger partial charge in [0.1, 0.15) is 5.82 Å². The number of pyridine rings is 1. The molecular weight excluding hydrogens is 334 g/mol. The van der Waals surface area contributed by atoms with Crippen LogP contribution < -0.4 is 10.0 Å². The lowest BCUT2D eigenvalue weighted by Crippen LogP contribution is -2.13. The minimum absolute atomic E-state index is 0.222. The Morgan fingerprint density at radius 2 is 1.52 bits per heavy atom. The lowest BCUT2D eigenvalue weighted by molar-refractivity contribution is 0.601. The van der Waals surface area contributed by atoms with Crippen LogP contribution in [0.3, 0.4) is 0 Å². The van der Waals surface area contributed by atoms with Crippen molar-refractivity contribution in [3.8, 4) is 0 Å². The molecule has 0 saturated heterocycles. The molecular formula is C19H19N3O2S. The van der Waals surface area contributed by atoms with Crippen molar-refractivity contribution in [3.05, 3.63) is 84.6 Å². The molecule has 2 aromatic carbocycles. The molecule has 128 valence electrons. The summed E-state index contributed by atoms with van der Waals surface area (Å²) in [7, 11) is -3.59. The van der Waals surface area contributed by atoms with Crippen molar-refractivity contribution >= 4 is 21.5 Å². The van der Waals surface area contributed by atoms with Gasteiger partial charge in [-0.25, -0.2) is 13.4 Å². The molecule has 1 heterocycles. The Morgan fingerprint density at radius 3 is 2.16 bits per heavy atom. The van der Waals surface area contributed by atoms with Gasteiger partial charge in [-0.15, -0.1) is 0 Å². The zero-order chi connectivity index (χ0) is 17.5. The summed E-state index contributed by atoms with van der Waals surface area (Å²) in [5, 5.41) is 3.23. The fourth-order valence-corrected chi connectivity index (χ4v) is 3.42. The van der Waals surface area contributed by atoms with Crippen LogP contribution in [-0.2, 0) is 16.4 Å². The molecule has 0 aliphatic heterocycles. The average molecular weight is 353 g/mol. The van der Waals surface area contributed by atoms with E-state index in [4.69, 9.17) is 0 Å². The van der Waals surface area contributed by atoms with E-state index in [1.165, 1.54) is 11.8 Å². The normalized spacial score (nSPS) is 11.0. The first-order valence-electron chi connectivity index (χ1n) is 7.95. The molecule has 3 rings (SSSR count). The van der Waals surface area contributed by atoms with E-state index in [-0.39, 0.29) is 4.90 Å². The van der Waals surface area contributed by atoms with Gasteiger partial charge in [0.05, 0.1) is 16.8 Å². The lowest BCUT2D eigenvalue weighted by Gasteiger charge is -2.09. The van der Waals surface area contributed by atoms with Gasteiger partial charge in [0, 0.05) is 6.54 Å². The molecule has 25 heavy (non-hydrogen) atoms. The van der Waals surface area contributed by atoms with Crippen LogP contribution in [-0.4, -0.2) is 19.9 Å². The molecule has 0 unspecified atom stereocenters. The van der Waals surface area contributed by atoms with Crippen LogP contribution in [0.5, 0.6) is 0 Å². The van der Waals surface area contributed by atoms with Crippen molar-refractivity contribution in [2.24, 2.45) is 0 Å². The van der Waals surface area contributed by atoms with Crippen molar-refractivity contribution < 1.29 is 8.42 Å². The molecule has 2 N–H and O–H groups in total. The van der Waals surface area contributed by atoms with E-state index in [9.17, 15) is 8.42 Å². The van der Waals surface area contributed by atoms with E-state index >= 15 is 0 Å². The van der Waals surface area contributed by atoms with Crippen LogP contribution in [0.4, 0.5) is 11.5 Å². The molecule has 3 aromatic rings. The maximum absolute atomic E-state index is 12.3. The third-order valence-electron chi connectivity index (χ3n) is 3.63. The monoisotopic (exact) mass is 353 g/mol. The SMILES string of the molecule is O=S(=O)(Nc1ccc(NCCc2ccccc2)nc1)c1ccccc1. The molecule has 0 bridgehead atoms. The van der Waals surface area contributed by atoms with Gasteiger partial charge in [0.25, 0.3) is 10.0 Å². The van der Waals surface area contributed by atoms with Gasteiger partial charge in [-0.1, -0.05) is 48.5 Å². The van der Waals surface area contributed by atoms with E-state index < -0.39 is 10.0 Å². The number of benzene rings is 2. The Labute approximate surface area is 147 Å². The highest BCUT2D eigenvalue weighted by atomic mass is 32.2. The second-order valence-corrected chi connectivity index (χ2v) is 7.20. The molecule has 0 atom stereocenters. The largest absolute Gasteiger partial charge is 0.370 e. The molecule has 0 amide bonds. The van der Waals surface area contributed by atoms with Crippen molar-refractivity contribution in [1.82, 2.24) is 4.98 Å². The van der Waals surface area contributed by atoms with Crippen LogP contribution in [0.2, 0.25) is 0 Å². The molecule has 0 radical (unpaired) electrons. The predicted molar refractivity (Wildman–Crippen MR) is 100 cm³/mol. The summed E-state index contributed by atoms with van der Waals surface area (Å²) >= 11 is 0. The number of anilines is 2. The molecule has 6 heteroatoms. The molecule has 5 nitrogen and oxygen atoms in total. The van der Waals surface area contributed by atoms with Crippen molar-refractivity contribution in [3.63, 3.8) is 0 Å². The van der Waals surface area contributed by atoms with Crippen LogP contribution in [0.15, 0.2) is 83.9 Å². The molecule has 0 aliphatic rings. The number of nitrogens with one attached hydrogen (secondary N) is 2.